The average molecular weight is 341 g/mol. The molecule has 6 heteroatoms. The minimum atomic E-state index is -0.305. The number of carbonyl (C=O) groups is 1. The molecule has 2 aliphatic heterocycles. The SMILES string of the molecule is O=C1C2CC(c3ccc(F)cc3)NN2C=CN1Cc1ccc(F)cc1. The molecule has 0 saturated carbocycles. The summed E-state index contributed by atoms with van der Waals surface area (Å²) in [5.74, 6) is -0.581. The highest BCUT2D eigenvalue weighted by atomic mass is 19.1. The summed E-state index contributed by atoms with van der Waals surface area (Å²) in [6.07, 6.45) is 4.16. The third kappa shape index (κ3) is 3.13. The van der Waals surface area contributed by atoms with Crippen LogP contribution >= 0.6 is 0 Å². The molecular formula is C19H17F2N3O. The topological polar surface area (TPSA) is 35.6 Å². The molecule has 2 atom stereocenters. The van der Waals surface area contributed by atoms with Crippen LogP contribution in [0.15, 0.2) is 60.9 Å². The first-order valence-electron chi connectivity index (χ1n) is 8.13. The van der Waals surface area contributed by atoms with Gasteiger partial charge in [0, 0.05) is 12.4 Å². The van der Waals surface area contributed by atoms with Crippen LogP contribution in [0.2, 0.25) is 0 Å². The summed E-state index contributed by atoms with van der Waals surface area (Å²) in [5.41, 5.74) is 5.09. The Morgan fingerprint density at radius 3 is 2.28 bits per heavy atom. The number of halogens is 2. The van der Waals surface area contributed by atoms with Gasteiger partial charge in [-0.25, -0.2) is 14.2 Å². The second-order valence-corrected chi connectivity index (χ2v) is 6.28. The number of hydrazine groups is 1. The van der Waals surface area contributed by atoms with E-state index in [2.05, 4.69) is 5.43 Å². The standard InChI is InChI=1S/C19H17F2N3O/c20-15-5-1-13(2-6-15)12-23-9-10-24-18(19(23)25)11-17(22-24)14-3-7-16(21)8-4-14/h1-10,17-18,22H,11-12H2. The predicted molar refractivity (Wildman–Crippen MR) is 88.6 cm³/mol. The maximum absolute atomic E-state index is 13.1. The summed E-state index contributed by atoms with van der Waals surface area (Å²) in [6, 6.07) is 12.1. The maximum atomic E-state index is 13.1. The van der Waals surface area contributed by atoms with E-state index in [1.165, 1.54) is 24.3 Å². The van der Waals surface area contributed by atoms with Gasteiger partial charge in [0.15, 0.2) is 0 Å². The van der Waals surface area contributed by atoms with Gasteiger partial charge in [-0.1, -0.05) is 24.3 Å². The molecule has 2 aromatic carbocycles. The largest absolute Gasteiger partial charge is 0.311 e. The summed E-state index contributed by atoms with van der Waals surface area (Å²) < 4.78 is 26.1. The van der Waals surface area contributed by atoms with E-state index in [-0.39, 0.29) is 29.6 Å². The highest BCUT2D eigenvalue weighted by Crippen LogP contribution is 2.31. The Kier molecular flexibility index (Phi) is 3.97. The highest BCUT2D eigenvalue weighted by molar-refractivity contribution is 5.84. The van der Waals surface area contributed by atoms with E-state index in [0.29, 0.717) is 13.0 Å². The average Bonchev–Trinajstić information content (AvgIpc) is 3.05. The molecule has 2 unspecified atom stereocenters. The fraction of sp³-hybridized carbons (Fsp3) is 0.211. The number of benzene rings is 2. The van der Waals surface area contributed by atoms with E-state index in [1.807, 2.05) is 6.20 Å². The number of carbonyl (C=O) groups excluding carboxylic acids is 1. The van der Waals surface area contributed by atoms with E-state index >= 15 is 0 Å². The summed E-state index contributed by atoms with van der Waals surface area (Å²) in [6.45, 7) is 0.404. The number of hydrogen-bond acceptors (Lipinski definition) is 3. The molecule has 2 heterocycles. The molecule has 4 nitrogen and oxygen atoms in total. The van der Waals surface area contributed by atoms with Gasteiger partial charge in [0.25, 0.3) is 5.91 Å². The molecule has 0 spiro atoms. The van der Waals surface area contributed by atoms with Crippen LogP contribution < -0.4 is 5.43 Å². The maximum Gasteiger partial charge on any atom is 0.251 e. The molecule has 4 rings (SSSR count). The van der Waals surface area contributed by atoms with Gasteiger partial charge in [-0.05, 0) is 41.8 Å². The number of rotatable bonds is 3. The van der Waals surface area contributed by atoms with Crippen molar-refractivity contribution in [2.75, 3.05) is 0 Å². The van der Waals surface area contributed by atoms with Gasteiger partial charge in [-0.15, -0.1) is 0 Å². The predicted octanol–water partition coefficient (Wildman–Crippen LogP) is 3.10. The van der Waals surface area contributed by atoms with Gasteiger partial charge < -0.3 is 9.91 Å². The zero-order valence-corrected chi connectivity index (χ0v) is 13.4. The third-order valence-corrected chi connectivity index (χ3v) is 4.61. The Morgan fingerprint density at radius 1 is 0.960 bits per heavy atom. The number of nitrogens with zero attached hydrogens (tertiary/aromatic N) is 2. The summed E-state index contributed by atoms with van der Waals surface area (Å²) in [5, 5.41) is 1.80. The lowest BCUT2D eigenvalue weighted by atomic mass is 10.0. The molecule has 1 amide bonds. The molecule has 128 valence electrons. The van der Waals surface area contributed by atoms with Crippen molar-refractivity contribution in [3.8, 4) is 0 Å². The number of amides is 1. The van der Waals surface area contributed by atoms with Crippen LogP contribution in [0.3, 0.4) is 0 Å². The van der Waals surface area contributed by atoms with Crippen LogP contribution in [-0.4, -0.2) is 21.9 Å². The lowest BCUT2D eigenvalue weighted by Crippen LogP contribution is -2.47. The number of hydrogen-bond donors (Lipinski definition) is 1. The van der Waals surface area contributed by atoms with Crippen LogP contribution in [0.4, 0.5) is 8.78 Å². The Bertz CT molecular complexity index is 804. The van der Waals surface area contributed by atoms with E-state index in [1.54, 1.807) is 40.4 Å². The van der Waals surface area contributed by atoms with Gasteiger partial charge in [0.1, 0.15) is 17.7 Å². The monoisotopic (exact) mass is 341 g/mol. The first kappa shape index (κ1) is 15.8. The number of nitrogens with one attached hydrogen (secondary N) is 1. The van der Waals surface area contributed by atoms with Gasteiger partial charge in [0.2, 0.25) is 0 Å². The normalized spacial score (nSPS) is 22.4. The molecule has 25 heavy (non-hydrogen) atoms. The van der Waals surface area contributed by atoms with E-state index < -0.39 is 0 Å². The van der Waals surface area contributed by atoms with Crippen molar-refractivity contribution in [1.82, 2.24) is 15.3 Å². The number of fused-ring (bicyclic) bond motifs is 1. The molecule has 0 aromatic heterocycles. The van der Waals surface area contributed by atoms with Crippen LogP contribution in [0.5, 0.6) is 0 Å². The van der Waals surface area contributed by atoms with Crippen LogP contribution in [0, 0.1) is 11.6 Å². The fourth-order valence-electron chi connectivity index (χ4n) is 3.27. The van der Waals surface area contributed by atoms with Crippen LogP contribution in [0.25, 0.3) is 0 Å². The first-order valence-corrected chi connectivity index (χ1v) is 8.13. The Morgan fingerprint density at radius 2 is 1.60 bits per heavy atom. The lowest BCUT2D eigenvalue weighted by Gasteiger charge is -2.31. The molecule has 2 aromatic rings. The van der Waals surface area contributed by atoms with Crippen molar-refractivity contribution in [2.24, 2.45) is 0 Å². The molecule has 2 aliphatic rings. The summed E-state index contributed by atoms with van der Waals surface area (Å²) in [7, 11) is 0. The summed E-state index contributed by atoms with van der Waals surface area (Å²) >= 11 is 0. The highest BCUT2D eigenvalue weighted by Gasteiger charge is 2.39. The van der Waals surface area contributed by atoms with E-state index in [4.69, 9.17) is 0 Å². The Balaban J connectivity index is 1.47. The van der Waals surface area contributed by atoms with Crippen molar-refractivity contribution in [3.05, 3.63) is 83.7 Å². The molecule has 0 bridgehead atoms. The van der Waals surface area contributed by atoms with Crippen molar-refractivity contribution >= 4 is 5.91 Å². The second kappa shape index (κ2) is 6.29. The van der Waals surface area contributed by atoms with Crippen molar-refractivity contribution in [3.63, 3.8) is 0 Å². The Labute approximate surface area is 144 Å². The van der Waals surface area contributed by atoms with E-state index in [9.17, 15) is 13.6 Å². The molecule has 0 aliphatic carbocycles. The van der Waals surface area contributed by atoms with Crippen molar-refractivity contribution < 1.29 is 13.6 Å². The molecule has 1 saturated heterocycles. The van der Waals surface area contributed by atoms with Crippen LogP contribution in [-0.2, 0) is 11.3 Å². The Hall–Kier alpha value is -2.73. The van der Waals surface area contributed by atoms with Crippen LogP contribution in [0.1, 0.15) is 23.6 Å². The minimum Gasteiger partial charge on any atom is -0.311 e. The molecule has 1 N–H and O–H groups in total. The fourth-order valence-corrected chi connectivity index (χ4v) is 3.27. The van der Waals surface area contributed by atoms with E-state index in [0.717, 1.165) is 11.1 Å². The zero-order valence-electron chi connectivity index (χ0n) is 13.4. The third-order valence-electron chi connectivity index (χ3n) is 4.61. The zero-order chi connectivity index (χ0) is 17.4. The van der Waals surface area contributed by atoms with Gasteiger partial charge >= 0.3 is 0 Å². The van der Waals surface area contributed by atoms with Crippen molar-refractivity contribution in [1.29, 1.82) is 0 Å². The molecule has 1 fully saturated rings. The molecular weight excluding hydrogens is 324 g/mol. The lowest BCUT2D eigenvalue weighted by molar-refractivity contribution is -0.134. The minimum absolute atomic E-state index is 0.0102. The summed E-state index contributed by atoms with van der Waals surface area (Å²) in [4.78, 5) is 14.4. The van der Waals surface area contributed by atoms with Crippen molar-refractivity contribution in [2.45, 2.75) is 25.0 Å². The molecule has 0 radical (unpaired) electrons. The van der Waals surface area contributed by atoms with Gasteiger partial charge in [0.05, 0.1) is 12.6 Å². The first-order chi connectivity index (χ1) is 12.1. The quantitative estimate of drug-likeness (QED) is 0.932. The second-order valence-electron chi connectivity index (χ2n) is 6.28. The smallest absolute Gasteiger partial charge is 0.251 e. The van der Waals surface area contributed by atoms with Gasteiger partial charge in [-0.3, -0.25) is 4.79 Å². The van der Waals surface area contributed by atoms with Gasteiger partial charge in [-0.2, -0.15) is 0 Å².